The lowest BCUT2D eigenvalue weighted by Crippen LogP contribution is -2.30. The average molecular weight is 161 g/mol. The molecule has 0 N–H and O–H groups in total. The minimum absolute atomic E-state index is 1.09. The smallest absolute Gasteiger partial charge is 0.0438 e. The highest BCUT2D eigenvalue weighted by atomic mass is 15.0. The van der Waals surface area contributed by atoms with Gasteiger partial charge < -0.3 is 4.57 Å². The van der Waals surface area contributed by atoms with E-state index in [4.69, 9.17) is 0 Å². The molecule has 0 radical (unpaired) electrons. The van der Waals surface area contributed by atoms with E-state index < -0.39 is 0 Å². The van der Waals surface area contributed by atoms with Crippen LogP contribution in [-0.2, 0) is 6.54 Å². The summed E-state index contributed by atoms with van der Waals surface area (Å²) >= 11 is 0. The summed E-state index contributed by atoms with van der Waals surface area (Å²) in [4.78, 5) is 0. The number of hydrogen-bond acceptors (Lipinski definition) is 0. The lowest BCUT2D eigenvalue weighted by molar-refractivity contribution is 0.716. The van der Waals surface area contributed by atoms with Gasteiger partial charge in [0.15, 0.2) is 0 Å². The summed E-state index contributed by atoms with van der Waals surface area (Å²) < 4.78 is 2.38. The highest BCUT2D eigenvalue weighted by Crippen LogP contribution is 1.98. The van der Waals surface area contributed by atoms with Gasteiger partial charge in [0.25, 0.3) is 0 Å². The molecule has 1 heteroatoms. The van der Waals surface area contributed by atoms with Gasteiger partial charge >= 0.3 is 0 Å². The highest BCUT2D eigenvalue weighted by molar-refractivity contribution is 5.37. The van der Waals surface area contributed by atoms with Gasteiger partial charge in [-0.05, 0) is 38.0 Å². The fourth-order valence-corrected chi connectivity index (χ4v) is 1.99. The van der Waals surface area contributed by atoms with Gasteiger partial charge in [-0.3, -0.25) is 0 Å². The van der Waals surface area contributed by atoms with Crippen LogP contribution >= 0.6 is 0 Å². The van der Waals surface area contributed by atoms with Crippen molar-refractivity contribution in [3.63, 3.8) is 0 Å². The average Bonchev–Trinajstić information content (AvgIpc) is 2.40. The molecule has 0 unspecified atom stereocenters. The Morgan fingerprint density at radius 1 is 1.33 bits per heavy atom. The van der Waals surface area contributed by atoms with Crippen LogP contribution in [0.5, 0.6) is 0 Å². The van der Waals surface area contributed by atoms with Crippen molar-refractivity contribution in [2.24, 2.45) is 0 Å². The van der Waals surface area contributed by atoms with E-state index in [2.05, 4.69) is 36.6 Å². The number of nitrogens with zero attached hydrogens (tertiary/aromatic N) is 1. The Bertz CT molecular complexity index is 395. The Labute approximate surface area is 73.0 Å². The third-order valence-electron chi connectivity index (χ3n) is 2.56. The predicted octanol–water partition coefficient (Wildman–Crippen LogP) is 1.17. The second-order valence-corrected chi connectivity index (χ2v) is 3.36. The zero-order chi connectivity index (χ0) is 8.55. The first kappa shape index (κ1) is 7.66. The standard InChI is InChI=1S/C11H15N/c1-3-12-9(2)8-10-6-4-5-7-11(10)12/h6-8H,3-5H2,1-2H3. The van der Waals surface area contributed by atoms with E-state index in [1.165, 1.54) is 29.1 Å². The van der Waals surface area contributed by atoms with E-state index in [0.29, 0.717) is 0 Å². The molecule has 1 aliphatic rings. The van der Waals surface area contributed by atoms with Gasteiger partial charge in [0, 0.05) is 17.6 Å². The molecule has 1 aliphatic carbocycles. The molecule has 0 aliphatic heterocycles. The van der Waals surface area contributed by atoms with E-state index in [9.17, 15) is 0 Å². The van der Waals surface area contributed by atoms with Crippen molar-refractivity contribution in [1.29, 1.82) is 0 Å². The molecule has 64 valence electrons. The number of fused-ring (bicyclic) bond motifs is 1. The summed E-state index contributed by atoms with van der Waals surface area (Å²) in [6.07, 6.45) is 7.11. The maximum absolute atomic E-state index is 2.38. The normalized spacial score (nSPS) is 14.8. The van der Waals surface area contributed by atoms with Crippen LogP contribution in [0.15, 0.2) is 6.07 Å². The van der Waals surface area contributed by atoms with E-state index >= 15 is 0 Å². The van der Waals surface area contributed by atoms with Gasteiger partial charge in [-0.15, -0.1) is 0 Å². The molecule has 0 amide bonds. The minimum Gasteiger partial charge on any atom is -0.345 e. The van der Waals surface area contributed by atoms with E-state index in [0.717, 1.165) is 6.54 Å². The lowest BCUT2D eigenvalue weighted by atomic mass is 10.2. The fourth-order valence-electron chi connectivity index (χ4n) is 1.99. The van der Waals surface area contributed by atoms with Crippen LogP contribution in [0.3, 0.4) is 0 Å². The van der Waals surface area contributed by atoms with Gasteiger partial charge in [-0.2, -0.15) is 0 Å². The van der Waals surface area contributed by atoms with Crippen LogP contribution in [0.2, 0.25) is 0 Å². The Hall–Kier alpha value is -0.980. The van der Waals surface area contributed by atoms with Crippen molar-refractivity contribution in [3.05, 3.63) is 22.3 Å². The molecule has 1 heterocycles. The van der Waals surface area contributed by atoms with E-state index in [-0.39, 0.29) is 0 Å². The molecule has 1 nitrogen and oxygen atoms in total. The monoisotopic (exact) mass is 161 g/mol. The van der Waals surface area contributed by atoms with Crippen molar-refractivity contribution in [2.45, 2.75) is 33.2 Å². The highest BCUT2D eigenvalue weighted by Gasteiger charge is 2.01. The first-order valence-electron chi connectivity index (χ1n) is 4.69. The Morgan fingerprint density at radius 2 is 2.08 bits per heavy atom. The summed E-state index contributed by atoms with van der Waals surface area (Å²) in [5, 5.41) is 2.86. The number of hydrogen-bond donors (Lipinski definition) is 0. The van der Waals surface area contributed by atoms with Crippen LogP contribution in [0.1, 0.15) is 25.5 Å². The molecular weight excluding hydrogens is 146 g/mol. The molecule has 12 heavy (non-hydrogen) atoms. The van der Waals surface area contributed by atoms with Gasteiger partial charge in [-0.1, -0.05) is 12.2 Å². The molecule has 0 saturated heterocycles. The predicted molar refractivity (Wildman–Crippen MR) is 52.3 cm³/mol. The molecule has 1 aromatic rings. The second kappa shape index (κ2) is 2.81. The van der Waals surface area contributed by atoms with Crippen molar-refractivity contribution >= 4 is 12.2 Å². The van der Waals surface area contributed by atoms with Gasteiger partial charge in [0.1, 0.15) is 0 Å². The lowest BCUT2D eigenvalue weighted by Gasteiger charge is -2.03. The molecule has 1 aromatic heterocycles. The quantitative estimate of drug-likeness (QED) is 0.582. The number of rotatable bonds is 1. The van der Waals surface area contributed by atoms with Crippen LogP contribution < -0.4 is 10.6 Å². The van der Waals surface area contributed by atoms with Crippen LogP contribution in [0.4, 0.5) is 0 Å². The molecule has 0 saturated carbocycles. The number of aryl methyl sites for hydroxylation is 1. The van der Waals surface area contributed by atoms with E-state index in [1.807, 2.05) is 0 Å². The molecule has 0 bridgehead atoms. The third-order valence-corrected chi connectivity index (χ3v) is 2.56. The number of aromatic nitrogens is 1. The van der Waals surface area contributed by atoms with Gasteiger partial charge in [0.05, 0.1) is 0 Å². The SMILES string of the molecule is CCn1c(C)cc2c1=CCCC=2. The molecule has 2 rings (SSSR count). The van der Waals surface area contributed by atoms with Gasteiger partial charge in [0.2, 0.25) is 0 Å². The van der Waals surface area contributed by atoms with Gasteiger partial charge in [-0.25, -0.2) is 0 Å². The summed E-state index contributed by atoms with van der Waals surface area (Å²) in [7, 11) is 0. The van der Waals surface area contributed by atoms with Crippen LogP contribution in [-0.4, -0.2) is 4.57 Å². The summed E-state index contributed by atoms with van der Waals surface area (Å²) in [5.74, 6) is 0. The topological polar surface area (TPSA) is 4.93 Å². The van der Waals surface area contributed by atoms with Crippen molar-refractivity contribution in [3.8, 4) is 0 Å². The molecule has 0 fully saturated rings. The zero-order valence-corrected chi connectivity index (χ0v) is 7.80. The Balaban J connectivity index is 2.79. The van der Waals surface area contributed by atoms with Crippen molar-refractivity contribution in [1.82, 2.24) is 4.57 Å². The first-order chi connectivity index (χ1) is 5.83. The molecular formula is C11H15N. The zero-order valence-electron chi connectivity index (χ0n) is 7.80. The van der Waals surface area contributed by atoms with E-state index in [1.54, 1.807) is 0 Å². The maximum atomic E-state index is 2.38. The maximum Gasteiger partial charge on any atom is 0.0438 e. The Morgan fingerprint density at radius 3 is 2.83 bits per heavy atom. The minimum atomic E-state index is 1.09. The largest absolute Gasteiger partial charge is 0.345 e. The van der Waals surface area contributed by atoms with Crippen LogP contribution in [0, 0.1) is 6.92 Å². The molecule has 0 aromatic carbocycles. The fraction of sp³-hybridized carbons (Fsp3) is 0.455. The summed E-state index contributed by atoms with van der Waals surface area (Å²) in [6, 6.07) is 2.29. The third kappa shape index (κ3) is 1.01. The van der Waals surface area contributed by atoms with Crippen molar-refractivity contribution in [2.75, 3.05) is 0 Å². The summed E-state index contributed by atoms with van der Waals surface area (Å²) in [6.45, 7) is 5.48. The van der Waals surface area contributed by atoms with Crippen LogP contribution in [0.25, 0.3) is 12.2 Å². The van der Waals surface area contributed by atoms with Crippen molar-refractivity contribution < 1.29 is 0 Å². The first-order valence-corrected chi connectivity index (χ1v) is 4.69. The molecule has 0 spiro atoms. The Kier molecular flexibility index (Phi) is 1.80. The summed E-state index contributed by atoms with van der Waals surface area (Å²) in [5.41, 5.74) is 1.39. The molecule has 0 atom stereocenters. The second-order valence-electron chi connectivity index (χ2n) is 3.36.